The van der Waals surface area contributed by atoms with Crippen molar-refractivity contribution < 1.29 is 13.9 Å². The molecule has 0 unspecified atom stereocenters. The van der Waals surface area contributed by atoms with Gasteiger partial charge in [0.15, 0.2) is 0 Å². The van der Waals surface area contributed by atoms with Crippen LogP contribution in [0.5, 0.6) is 0 Å². The molecule has 3 N–H and O–H groups in total. The summed E-state index contributed by atoms with van der Waals surface area (Å²) < 4.78 is 21.4. The number of halogens is 2. The molecule has 0 aliphatic carbocycles. The lowest BCUT2D eigenvalue weighted by molar-refractivity contribution is 0.0844. The van der Waals surface area contributed by atoms with Crippen LogP contribution < -0.4 is 11.1 Å². The van der Waals surface area contributed by atoms with Crippen molar-refractivity contribution in [2.45, 2.75) is 38.1 Å². The second-order valence-corrected chi connectivity index (χ2v) is 9.01. The Kier molecular flexibility index (Phi) is 7.35. The summed E-state index contributed by atoms with van der Waals surface area (Å²) in [7, 11) is 0. The van der Waals surface area contributed by atoms with E-state index >= 15 is 4.39 Å². The fourth-order valence-electron chi connectivity index (χ4n) is 4.04. The fourth-order valence-corrected chi connectivity index (χ4v) is 4.46. The van der Waals surface area contributed by atoms with Crippen LogP contribution in [0.3, 0.4) is 0 Å². The van der Waals surface area contributed by atoms with Crippen LogP contribution in [0, 0.1) is 5.82 Å². The Hall–Kier alpha value is -2.84. The molecule has 2 heterocycles. The van der Waals surface area contributed by atoms with Crippen LogP contribution in [0.25, 0.3) is 11.3 Å². The summed E-state index contributed by atoms with van der Waals surface area (Å²) in [5.41, 5.74) is 8.71. The third-order valence-corrected chi connectivity index (χ3v) is 6.40. The van der Waals surface area contributed by atoms with E-state index in [4.69, 9.17) is 10.5 Å². The van der Waals surface area contributed by atoms with Crippen molar-refractivity contribution in [2.75, 3.05) is 18.9 Å². The average Bonchev–Trinajstić information content (AvgIpc) is 2.83. The van der Waals surface area contributed by atoms with E-state index in [-0.39, 0.29) is 23.3 Å². The molecule has 1 aliphatic heterocycles. The third-order valence-electron chi connectivity index (χ3n) is 5.91. The third kappa shape index (κ3) is 5.39. The minimum Gasteiger partial charge on any atom is -0.382 e. The summed E-state index contributed by atoms with van der Waals surface area (Å²) in [6.07, 6.45) is 4.08. The number of benzene rings is 2. The van der Waals surface area contributed by atoms with Gasteiger partial charge in [-0.25, -0.2) is 14.4 Å². The van der Waals surface area contributed by atoms with Gasteiger partial charge in [-0.1, -0.05) is 41.1 Å². The molecule has 8 heteroatoms. The minimum absolute atomic E-state index is 0.0284. The Morgan fingerprint density at radius 2 is 2.06 bits per heavy atom. The van der Waals surface area contributed by atoms with E-state index < -0.39 is 11.7 Å². The molecule has 0 spiro atoms. The summed E-state index contributed by atoms with van der Waals surface area (Å²) in [6.45, 7) is 3.34. The highest BCUT2D eigenvalue weighted by molar-refractivity contribution is 9.10. The molecule has 1 fully saturated rings. The van der Waals surface area contributed by atoms with Gasteiger partial charge < -0.3 is 15.8 Å². The lowest BCUT2D eigenvalue weighted by Gasteiger charge is -2.22. The molecule has 4 rings (SSSR count). The van der Waals surface area contributed by atoms with Gasteiger partial charge in [0, 0.05) is 29.2 Å². The fraction of sp³-hybridized carbons (Fsp3) is 0.320. The predicted octanol–water partition coefficient (Wildman–Crippen LogP) is 5.40. The van der Waals surface area contributed by atoms with Gasteiger partial charge in [0.05, 0.1) is 23.5 Å². The van der Waals surface area contributed by atoms with Gasteiger partial charge in [0.1, 0.15) is 17.3 Å². The Labute approximate surface area is 200 Å². The number of ether oxygens (including phenoxy) is 1. The lowest BCUT2D eigenvalue weighted by Crippen LogP contribution is -2.28. The van der Waals surface area contributed by atoms with Crippen molar-refractivity contribution in [2.24, 2.45) is 0 Å². The minimum atomic E-state index is -0.633. The summed E-state index contributed by atoms with van der Waals surface area (Å²) in [5, 5.41) is 2.93. The zero-order chi connectivity index (χ0) is 23.4. The number of nitrogens with one attached hydrogen (secondary N) is 1. The van der Waals surface area contributed by atoms with Crippen molar-refractivity contribution >= 4 is 27.7 Å². The molecule has 2 aromatic carbocycles. The standard InChI is InChI=1S/C25H26BrFN4O2/c1-2-21(16-4-3-5-18(26)12-16)31-25(32)19-7-6-17(13-20(19)27)23-24(28)29-14-22(30-23)15-8-10-33-11-9-15/h3-7,12-15,21H,2,8-11H2,1H3,(H2,28,29)(H,31,32)/t21-/m1/s1. The number of nitrogens with zero attached hydrogens (tertiary/aromatic N) is 2. The van der Waals surface area contributed by atoms with Crippen molar-refractivity contribution in [1.29, 1.82) is 0 Å². The molecule has 0 radical (unpaired) electrons. The van der Waals surface area contributed by atoms with Gasteiger partial charge in [-0.2, -0.15) is 0 Å². The van der Waals surface area contributed by atoms with E-state index in [0.29, 0.717) is 30.9 Å². The molecule has 1 aliphatic rings. The first kappa shape index (κ1) is 23.3. The number of nitrogen functional groups attached to an aromatic ring is 1. The number of hydrogen-bond donors (Lipinski definition) is 2. The highest BCUT2D eigenvalue weighted by Crippen LogP contribution is 2.30. The average molecular weight is 513 g/mol. The maximum absolute atomic E-state index is 15.0. The highest BCUT2D eigenvalue weighted by Gasteiger charge is 2.21. The predicted molar refractivity (Wildman–Crippen MR) is 129 cm³/mol. The van der Waals surface area contributed by atoms with Gasteiger partial charge in [-0.3, -0.25) is 4.79 Å². The molecule has 1 amide bonds. The summed E-state index contributed by atoms with van der Waals surface area (Å²) in [6, 6.07) is 11.9. The van der Waals surface area contributed by atoms with Gasteiger partial charge in [-0.05, 0) is 49.1 Å². The maximum atomic E-state index is 15.0. The van der Waals surface area contributed by atoms with E-state index in [1.165, 1.54) is 12.1 Å². The molecule has 0 saturated carbocycles. The molecule has 33 heavy (non-hydrogen) atoms. The van der Waals surface area contributed by atoms with Crippen LogP contribution in [0.2, 0.25) is 0 Å². The Morgan fingerprint density at radius 3 is 2.76 bits per heavy atom. The van der Waals surface area contributed by atoms with Crippen LogP contribution >= 0.6 is 15.9 Å². The second kappa shape index (κ2) is 10.4. The smallest absolute Gasteiger partial charge is 0.254 e. The van der Waals surface area contributed by atoms with Crippen LogP contribution in [-0.2, 0) is 4.74 Å². The Morgan fingerprint density at radius 1 is 1.27 bits per heavy atom. The normalized spacial score (nSPS) is 15.2. The Balaban J connectivity index is 1.56. The lowest BCUT2D eigenvalue weighted by atomic mass is 9.96. The van der Waals surface area contributed by atoms with Crippen LogP contribution in [0.1, 0.15) is 59.8 Å². The summed E-state index contributed by atoms with van der Waals surface area (Å²) in [5.74, 6) is -0.639. The van der Waals surface area contributed by atoms with E-state index in [1.807, 2.05) is 31.2 Å². The molecule has 0 bridgehead atoms. The number of amides is 1. The number of carbonyl (C=O) groups is 1. The zero-order valence-electron chi connectivity index (χ0n) is 18.4. The van der Waals surface area contributed by atoms with Crippen LogP contribution in [0.15, 0.2) is 53.1 Å². The molecule has 1 atom stereocenters. The van der Waals surface area contributed by atoms with Gasteiger partial charge >= 0.3 is 0 Å². The first-order valence-corrected chi connectivity index (χ1v) is 11.8. The number of nitrogens with two attached hydrogens (primary N) is 1. The second-order valence-electron chi connectivity index (χ2n) is 8.10. The molecule has 1 aromatic heterocycles. The number of anilines is 1. The van der Waals surface area contributed by atoms with Gasteiger partial charge in [0.25, 0.3) is 5.91 Å². The molecular formula is C25H26BrFN4O2. The number of aromatic nitrogens is 2. The number of hydrogen-bond acceptors (Lipinski definition) is 5. The number of carbonyl (C=O) groups excluding carboxylic acids is 1. The van der Waals surface area contributed by atoms with E-state index in [9.17, 15) is 4.79 Å². The zero-order valence-corrected chi connectivity index (χ0v) is 19.9. The first-order chi connectivity index (χ1) is 16.0. The van der Waals surface area contributed by atoms with Crippen molar-refractivity contribution in [3.05, 3.63) is 75.8 Å². The maximum Gasteiger partial charge on any atom is 0.254 e. The van der Waals surface area contributed by atoms with Gasteiger partial charge in [-0.15, -0.1) is 0 Å². The quantitative estimate of drug-likeness (QED) is 0.461. The van der Waals surface area contributed by atoms with E-state index in [1.54, 1.807) is 12.3 Å². The highest BCUT2D eigenvalue weighted by atomic mass is 79.9. The van der Waals surface area contributed by atoms with Gasteiger partial charge in [0.2, 0.25) is 0 Å². The summed E-state index contributed by atoms with van der Waals surface area (Å²) in [4.78, 5) is 21.8. The van der Waals surface area contributed by atoms with Crippen molar-refractivity contribution in [3.63, 3.8) is 0 Å². The molecule has 3 aromatic rings. The Bertz CT molecular complexity index is 1150. The molecule has 6 nitrogen and oxygen atoms in total. The summed E-state index contributed by atoms with van der Waals surface area (Å²) >= 11 is 3.45. The van der Waals surface area contributed by atoms with Crippen LogP contribution in [-0.4, -0.2) is 29.1 Å². The van der Waals surface area contributed by atoms with Crippen LogP contribution in [0.4, 0.5) is 10.2 Å². The monoisotopic (exact) mass is 512 g/mol. The van der Waals surface area contributed by atoms with Crippen molar-refractivity contribution in [3.8, 4) is 11.3 Å². The largest absolute Gasteiger partial charge is 0.382 e. The SMILES string of the molecule is CC[C@@H](NC(=O)c1ccc(-c2nc(C3CCOCC3)cnc2N)cc1F)c1cccc(Br)c1. The topological polar surface area (TPSA) is 90.1 Å². The number of rotatable bonds is 6. The van der Waals surface area contributed by atoms with E-state index in [2.05, 4.69) is 31.2 Å². The molecule has 172 valence electrons. The van der Waals surface area contributed by atoms with Crippen molar-refractivity contribution in [1.82, 2.24) is 15.3 Å². The molecular weight excluding hydrogens is 487 g/mol. The van der Waals surface area contributed by atoms with E-state index in [0.717, 1.165) is 28.6 Å². The first-order valence-electron chi connectivity index (χ1n) is 11.0. The molecule has 1 saturated heterocycles.